The molecule has 1 aliphatic heterocycles. The number of benzene rings is 1. The minimum absolute atomic E-state index is 0.0456. The van der Waals surface area contributed by atoms with Crippen molar-refractivity contribution >= 4 is 60.6 Å². The highest BCUT2D eigenvalue weighted by atomic mass is 35.5. The molecule has 2 atom stereocenters. The molecule has 0 spiro atoms. The summed E-state index contributed by atoms with van der Waals surface area (Å²) in [5.41, 5.74) is 0. The molecule has 1 aliphatic rings. The summed E-state index contributed by atoms with van der Waals surface area (Å²) in [6.07, 6.45) is 1.01. The van der Waals surface area contributed by atoms with E-state index in [1.165, 1.54) is 16.2 Å². The molecule has 2 amide bonds. The first-order valence-electron chi connectivity index (χ1n) is 10.3. The largest absolute Gasteiger partial charge is 0.454 e. The van der Waals surface area contributed by atoms with Crippen LogP contribution in [-0.2, 0) is 24.2 Å². The van der Waals surface area contributed by atoms with Gasteiger partial charge >= 0.3 is 5.97 Å². The van der Waals surface area contributed by atoms with Crippen molar-refractivity contribution < 1.29 is 27.5 Å². The molecule has 0 unspecified atom stereocenters. The maximum atomic E-state index is 12.7. The Kier molecular flexibility index (Phi) is 7.79. The van der Waals surface area contributed by atoms with Crippen LogP contribution in [0.4, 0.5) is 0 Å². The highest BCUT2D eigenvalue weighted by molar-refractivity contribution is 7.91. The number of nitrogens with zero attached hydrogens (tertiary/aromatic N) is 1. The molecule has 1 aromatic carbocycles. The molecular formula is C21H25ClN2O6S2. The Morgan fingerprint density at radius 3 is 2.66 bits per heavy atom. The third-order valence-corrected chi connectivity index (χ3v) is 8.87. The molecule has 174 valence electrons. The molecule has 1 saturated heterocycles. The van der Waals surface area contributed by atoms with Crippen LogP contribution in [0.3, 0.4) is 0 Å². The minimum Gasteiger partial charge on any atom is -0.454 e. The summed E-state index contributed by atoms with van der Waals surface area (Å²) in [5.74, 6) is -1.76. The summed E-state index contributed by atoms with van der Waals surface area (Å²) in [6, 6.07) is 6.71. The van der Waals surface area contributed by atoms with E-state index in [0.717, 1.165) is 10.1 Å². The lowest BCUT2D eigenvalue weighted by Crippen LogP contribution is -2.48. The van der Waals surface area contributed by atoms with Gasteiger partial charge in [-0.1, -0.05) is 36.7 Å². The number of esters is 1. The minimum atomic E-state index is -3.16. The van der Waals surface area contributed by atoms with E-state index in [0.29, 0.717) is 22.7 Å². The molecule has 2 aromatic rings. The zero-order valence-electron chi connectivity index (χ0n) is 17.8. The summed E-state index contributed by atoms with van der Waals surface area (Å²) in [6.45, 7) is 2.80. The van der Waals surface area contributed by atoms with Gasteiger partial charge in [-0.15, -0.1) is 11.3 Å². The Labute approximate surface area is 195 Å². The second-order valence-electron chi connectivity index (χ2n) is 7.70. The maximum absolute atomic E-state index is 12.7. The molecule has 11 heteroatoms. The summed E-state index contributed by atoms with van der Waals surface area (Å²) in [5, 5.41) is 3.54. The first kappa shape index (κ1) is 24.5. The van der Waals surface area contributed by atoms with Crippen LogP contribution in [0, 0.1) is 0 Å². The van der Waals surface area contributed by atoms with Gasteiger partial charge in [0.2, 0.25) is 0 Å². The van der Waals surface area contributed by atoms with Crippen LogP contribution in [-0.4, -0.2) is 67.8 Å². The van der Waals surface area contributed by atoms with Gasteiger partial charge in [0.25, 0.3) is 11.8 Å². The summed E-state index contributed by atoms with van der Waals surface area (Å²) in [4.78, 5) is 39.0. The highest BCUT2D eigenvalue weighted by Gasteiger charge is 2.36. The van der Waals surface area contributed by atoms with Crippen molar-refractivity contribution in [3.05, 3.63) is 34.2 Å². The third kappa shape index (κ3) is 5.60. The van der Waals surface area contributed by atoms with Crippen molar-refractivity contribution in [3.63, 3.8) is 0 Å². The van der Waals surface area contributed by atoms with E-state index in [-0.39, 0.29) is 17.5 Å². The van der Waals surface area contributed by atoms with Crippen molar-refractivity contribution in [1.82, 2.24) is 10.2 Å². The number of halogens is 1. The maximum Gasteiger partial charge on any atom is 0.325 e. The normalized spacial score (nSPS) is 18.3. The van der Waals surface area contributed by atoms with Crippen molar-refractivity contribution in [3.8, 4) is 0 Å². The van der Waals surface area contributed by atoms with Crippen molar-refractivity contribution in [2.24, 2.45) is 0 Å². The number of hydrogen-bond acceptors (Lipinski definition) is 7. The topological polar surface area (TPSA) is 110 Å². The highest BCUT2D eigenvalue weighted by Crippen LogP contribution is 2.34. The van der Waals surface area contributed by atoms with E-state index in [4.69, 9.17) is 16.3 Å². The molecule has 2 heterocycles. The fourth-order valence-electron chi connectivity index (χ4n) is 3.66. The Hall–Kier alpha value is -2.17. The van der Waals surface area contributed by atoms with Gasteiger partial charge in [0.05, 0.1) is 16.5 Å². The number of hydrogen-bond donors (Lipinski definition) is 1. The standard InChI is InChI=1S/C21H25ClN2O6S2/c1-3-13(2)24(14-8-9-32(28,29)12-14)17(25)11-30-18(26)10-23-21(27)20-19(22)15-6-4-5-7-16(15)31-20/h4-7,13-14H,3,8-12H2,1-2H3,(H,23,27)/t13-,14+/m1/s1. The Balaban J connectivity index is 1.54. The van der Waals surface area contributed by atoms with E-state index < -0.39 is 46.8 Å². The molecule has 1 N–H and O–H groups in total. The van der Waals surface area contributed by atoms with Crippen LogP contribution in [0.1, 0.15) is 36.4 Å². The predicted octanol–water partition coefficient (Wildman–Crippen LogP) is 2.64. The van der Waals surface area contributed by atoms with Gasteiger partial charge < -0.3 is 15.0 Å². The zero-order valence-corrected chi connectivity index (χ0v) is 20.2. The van der Waals surface area contributed by atoms with Crippen molar-refractivity contribution in [2.75, 3.05) is 24.7 Å². The molecule has 0 saturated carbocycles. The van der Waals surface area contributed by atoms with Gasteiger partial charge in [-0.2, -0.15) is 0 Å². The van der Waals surface area contributed by atoms with Crippen LogP contribution >= 0.6 is 22.9 Å². The lowest BCUT2D eigenvalue weighted by atomic mass is 10.1. The van der Waals surface area contributed by atoms with Crippen molar-refractivity contribution in [2.45, 2.75) is 38.8 Å². The molecule has 1 aromatic heterocycles. The fourth-order valence-corrected chi connectivity index (χ4v) is 6.81. The molecular weight excluding hydrogens is 476 g/mol. The molecule has 32 heavy (non-hydrogen) atoms. The molecule has 8 nitrogen and oxygen atoms in total. The molecule has 0 aliphatic carbocycles. The number of fused-ring (bicyclic) bond motifs is 1. The van der Waals surface area contributed by atoms with Crippen molar-refractivity contribution in [1.29, 1.82) is 0 Å². The predicted molar refractivity (Wildman–Crippen MR) is 124 cm³/mol. The number of carbonyl (C=O) groups is 3. The fraction of sp³-hybridized carbons (Fsp3) is 0.476. The lowest BCUT2D eigenvalue weighted by molar-refractivity contribution is -0.153. The van der Waals surface area contributed by atoms with Gasteiger partial charge in [-0.05, 0) is 25.8 Å². The average molecular weight is 501 g/mol. The van der Waals surface area contributed by atoms with E-state index in [9.17, 15) is 22.8 Å². The van der Waals surface area contributed by atoms with Gasteiger partial charge in [0.15, 0.2) is 16.4 Å². The van der Waals surface area contributed by atoms with E-state index >= 15 is 0 Å². The van der Waals surface area contributed by atoms with Gasteiger partial charge in [-0.25, -0.2) is 8.42 Å². The number of rotatable bonds is 8. The van der Waals surface area contributed by atoms with Gasteiger partial charge in [-0.3, -0.25) is 14.4 Å². The molecule has 0 radical (unpaired) electrons. The zero-order chi connectivity index (χ0) is 23.5. The number of amides is 2. The number of thiophene rings is 1. The van der Waals surface area contributed by atoms with E-state index in [2.05, 4.69) is 5.32 Å². The quantitative estimate of drug-likeness (QED) is 0.558. The monoisotopic (exact) mass is 500 g/mol. The average Bonchev–Trinajstić information content (AvgIpc) is 3.29. The molecule has 0 bridgehead atoms. The Bertz CT molecular complexity index is 1130. The lowest BCUT2D eigenvalue weighted by Gasteiger charge is -2.33. The number of ether oxygens (including phenoxy) is 1. The van der Waals surface area contributed by atoms with Crippen LogP contribution < -0.4 is 5.32 Å². The van der Waals surface area contributed by atoms with Crippen LogP contribution in [0.5, 0.6) is 0 Å². The van der Waals surface area contributed by atoms with Crippen LogP contribution in [0.15, 0.2) is 24.3 Å². The van der Waals surface area contributed by atoms with E-state index in [1.54, 1.807) is 0 Å². The van der Waals surface area contributed by atoms with Gasteiger partial charge in [0.1, 0.15) is 11.4 Å². The second-order valence-corrected chi connectivity index (χ2v) is 11.4. The first-order valence-corrected chi connectivity index (χ1v) is 13.3. The summed E-state index contributed by atoms with van der Waals surface area (Å²) < 4.78 is 29.5. The number of nitrogens with one attached hydrogen (secondary N) is 1. The third-order valence-electron chi connectivity index (χ3n) is 5.45. The van der Waals surface area contributed by atoms with E-state index in [1.807, 2.05) is 38.1 Å². The van der Waals surface area contributed by atoms with Crippen LogP contribution in [0.2, 0.25) is 5.02 Å². The SMILES string of the molecule is CC[C@@H](C)N(C(=O)COC(=O)CNC(=O)c1sc2ccccc2c1Cl)[C@H]1CCS(=O)(=O)C1. The second kappa shape index (κ2) is 10.2. The Morgan fingerprint density at radius 1 is 1.31 bits per heavy atom. The number of sulfone groups is 1. The summed E-state index contributed by atoms with van der Waals surface area (Å²) >= 11 is 7.49. The first-order chi connectivity index (χ1) is 15.1. The number of carbonyl (C=O) groups excluding carboxylic acids is 3. The summed E-state index contributed by atoms with van der Waals surface area (Å²) in [7, 11) is -3.16. The Morgan fingerprint density at radius 2 is 2.03 bits per heavy atom. The molecule has 3 rings (SSSR count). The van der Waals surface area contributed by atoms with Gasteiger partial charge in [0, 0.05) is 22.2 Å². The van der Waals surface area contributed by atoms with Crippen LogP contribution in [0.25, 0.3) is 10.1 Å². The smallest absolute Gasteiger partial charge is 0.325 e. The molecule has 1 fully saturated rings.